The van der Waals surface area contributed by atoms with Crippen molar-refractivity contribution in [2.75, 3.05) is 16.8 Å². The molecule has 6 nitrogen and oxygen atoms in total. The number of nitrogens with one attached hydrogen (secondary N) is 1. The van der Waals surface area contributed by atoms with Crippen molar-refractivity contribution in [2.45, 2.75) is 40.2 Å². The number of ether oxygens (including phenoxy) is 1. The van der Waals surface area contributed by atoms with E-state index in [2.05, 4.69) is 11.4 Å². The molecule has 2 aromatic carbocycles. The van der Waals surface area contributed by atoms with Crippen LogP contribution in [0.25, 0.3) is 0 Å². The maximum absolute atomic E-state index is 13.5. The van der Waals surface area contributed by atoms with Crippen LogP contribution in [-0.2, 0) is 9.59 Å². The highest BCUT2D eigenvalue weighted by Crippen LogP contribution is 2.49. The molecule has 1 heterocycles. The van der Waals surface area contributed by atoms with E-state index < -0.39 is 12.0 Å². The van der Waals surface area contributed by atoms with Crippen molar-refractivity contribution in [2.24, 2.45) is 11.3 Å². The van der Waals surface area contributed by atoms with E-state index in [-0.39, 0.29) is 22.9 Å². The average molecular weight is 421 g/mol. The number of Topliss-reactive ketones (excluding diaryl/α,β-unsaturated/α-hetero) is 1. The van der Waals surface area contributed by atoms with Crippen molar-refractivity contribution < 1.29 is 19.4 Å². The molecule has 31 heavy (non-hydrogen) atoms. The number of rotatable bonds is 3. The molecule has 2 aromatic rings. The van der Waals surface area contributed by atoms with Crippen LogP contribution in [0.15, 0.2) is 54.2 Å². The lowest BCUT2D eigenvalue weighted by Gasteiger charge is -2.39. The molecular formula is C25H28N2O4. The van der Waals surface area contributed by atoms with Gasteiger partial charge in [0.1, 0.15) is 5.78 Å². The zero-order valence-electron chi connectivity index (χ0n) is 18.3. The van der Waals surface area contributed by atoms with Crippen LogP contribution in [0.5, 0.6) is 11.5 Å². The van der Waals surface area contributed by atoms with Crippen molar-refractivity contribution in [3.8, 4) is 11.5 Å². The van der Waals surface area contributed by atoms with Gasteiger partial charge in [-0.2, -0.15) is 0 Å². The van der Waals surface area contributed by atoms with Gasteiger partial charge in [-0.1, -0.05) is 38.1 Å². The Morgan fingerprint density at radius 3 is 2.71 bits per heavy atom. The van der Waals surface area contributed by atoms with Gasteiger partial charge in [0, 0.05) is 19.0 Å². The highest BCUT2D eigenvalue weighted by Gasteiger charge is 2.45. The maximum Gasteiger partial charge on any atom is 0.224 e. The summed E-state index contributed by atoms with van der Waals surface area (Å²) in [6, 6.07) is 12.1. The molecule has 0 aromatic heterocycles. The number of aromatic hydroxyl groups is 1. The average Bonchev–Trinajstić information content (AvgIpc) is 2.83. The van der Waals surface area contributed by atoms with Crippen LogP contribution < -0.4 is 15.0 Å². The number of anilines is 2. The van der Waals surface area contributed by atoms with E-state index in [0.717, 1.165) is 16.9 Å². The maximum atomic E-state index is 13.5. The van der Waals surface area contributed by atoms with Crippen LogP contribution in [0, 0.1) is 11.3 Å². The largest absolute Gasteiger partial charge is 0.504 e. The number of nitrogens with zero attached hydrogens (tertiary/aromatic N) is 1. The van der Waals surface area contributed by atoms with E-state index in [9.17, 15) is 14.7 Å². The number of benzene rings is 2. The number of ketones is 1. The summed E-state index contributed by atoms with van der Waals surface area (Å²) >= 11 is 0. The van der Waals surface area contributed by atoms with Crippen molar-refractivity contribution in [3.63, 3.8) is 0 Å². The second-order valence-corrected chi connectivity index (χ2v) is 8.85. The molecule has 2 N–H and O–H groups in total. The number of carbonyl (C=O) groups excluding carboxylic acids is 2. The zero-order valence-corrected chi connectivity index (χ0v) is 18.3. The second-order valence-electron chi connectivity index (χ2n) is 8.85. The van der Waals surface area contributed by atoms with Crippen LogP contribution >= 0.6 is 0 Å². The molecule has 162 valence electrons. The lowest BCUT2D eigenvalue weighted by atomic mass is 9.72. The highest BCUT2D eigenvalue weighted by atomic mass is 16.5. The number of amides is 1. The Balaban J connectivity index is 1.98. The number of para-hydroxylation sites is 2. The first kappa shape index (κ1) is 21.0. The molecule has 1 aliphatic carbocycles. The molecule has 1 amide bonds. The SMILES string of the molecule is CCOc1cc(C2C3C(=O)CC(C)(C)C=C3Nc3ccccc3N2C(C)=O)ccc1O. The monoisotopic (exact) mass is 420 g/mol. The smallest absolute Gasteiger partial charge is 0.224 e. The lowest BCUT2D eigenvalue weighted by molar-refractivity contribution is -0.125. The molecule has 2 atom stereocenters. The Bertz CT molecular complexity index is 1070. The topological polar surface area (TPSA) is 78.9 Å². The van der Waals surface area contributed by atoms with Crippen LogP contribution in [0.4, 0.5) is 11.4 Å². The van der Waals surface area contributed by atoms with Gasteiger partial charge >= 0.3 is 0 Å². The molecule has 0 bridgehead atoms. The summed E-state index contributed by atoms with van der Waals surface area (Å²) in [5.74, 6) is -0.278. The molecule has 1 aliphatic heterocycles. The molecular weight excluding hydrogens is 392 g/mol. The second kappa shape index (κ2) is 7.76. The summed E-state index contributed by atoms with van der Waals surface area (Å²) < 4.78 is 5.59. The Morgan fingerprint density at radius 1 is 1.26 bits per heavy atom. The quantitative estimate of drug-likeness (QED) is 0.745. The third-order valence-corrected chi connectivity index (χ3v) is 5.86. The van der Waals surface area contributed by atoms with E-state index in [1.165, 1.54) is 6.92 Å². The number of hydrogen-bond acceptors (Lipinski definition) is 5. The van der Waals surface area contributed by atoms with E-state index in [4.69, 9.17) is 4.74 Å². The van der Waals surface area contributed by atoms with Crippen LogP contribution in [0.3, 0.4) is 0 Å². The number of fused-ring (bicyclic) bond motifs is 2. The third kappa shape index (κ3) is 3.78. The van der Waals surface area contributed by atoms with Crippen LogP contribution in [-0.4, -0.2) is 23.4 Å². The minimum atomic E-state index is -0.566. The zero-order chi connectivity index (χ0) is 22.3. The Hall–Kier alpha value is -3.28. The van der Waals surface area contributed by atoms with Gasteiger partial charge in [-0.05, 0) is 42.2 Å². The van der Waals surface area contributed by atoms with Crippen molar-refractivity contribution >= 4 is 23.1 Å². The number of hydrogen-bond donors (Lipinski definition) is 2. The molecule has 6 heteroatoms. The molecule has 4 rings (SSSR count). The fourth-order valence-electron chi connectivity index (χ4n) is 4.69. The van der Waals surface area contributed by atoms with Crippen molar-refractivity contribution in [3.05, 3.63) is 59.8 Å². The fourth-order valence-corrected chi connectivity index (χ4v) is 4.69. The van der Waals surface area contributed by atoms with Crippen LogP contribution in [0.1, 0.15) is 45.7 Å². The van der Waals surface area contributed by atoms with Gasteiger partial charge in [0.05, 0.1) is 29.9 Å². The molecule has 0 fully saturated rings. The van der Waals surface area contributed by atoms with Gasteiger partial charge in [-0.15, -0.1) is 0 Å². The predicted molar refractivity (Wildman–Crippen MR) is 120 cm³/mol. The van der Waals surface area contributed by atoms with E-state index in [1.54, 1.807) is 23.1 Å². The normalized spacial score (nSPS) is 21.9. The summed E-state index contributed by atoms with van der Waals surface area (Å²) in [6.07, 6.45) is 2.49. The molecule has 0 spiro atoms. The van der Waals surface area contributed by atoms with Gasteiger partial charge in [0.2, 0.25) is 5.91 Å². The van der Waals surface area contributed by atoms with Crippen molar-refractivity contribution in [1.29, 1.82) is 0 Å². The van der Waals surface area contributed by atoms with E-state index >= 15 is 0 Å². The van der Waals surface area contributed by atoms with Gasteiger partial charge in [0.25, 0.3) is 0 Å². The molecule has 0 saturated carbocycles. The van der Waals surface area contributed by atoms with Crippen LogP contribution in [0.2, 0.25) is 0 Å². The summed E-state index contributed by atoms with van der Waals surface area (Å²) in [4.78, 5) is 28.1. The first-order chi connectivity index (χ1) is 14.7. The number of carbonyl (C=O) groups is 2. The molecule has 0 radical (unpaired) electrons. The van der Waals surface area contributed by atoms with Crippen molar-refractivity contribution in [1.82, 2.24) is 0 Å². The Kier molecular flexibility index (Phi) is 5.25. The standard InChI is InChI=1S/C25H28N2O4/c1-5-31-22-12-16(10-11-20(22)29)24-23-18(13-25(3,4)14-21(23)30)26-17-8-6-7-9-19(17)27(24)15(2)28/h6-13,23-24,26,29H,5,14H2,1-4H3. The minimum Gasteiger partial charge on any atom is -0.504 e. The van der Waals surface area contributed by atoms with Gasteiger partial charge < -0.3 is 20.1 Å². The summed E-state index contributed by atoms with van der Waals surface area (Å²) in [7, 11) is 0. The number of allylic oxidation sites excluding steroid dienone is 1. The lowest BCUT2D eigenvalue weighted by Crippen LogP contribution is -2.42. The van der Waals surface area contributed by atoms with Gasteiger partial charge in [0.15, 0.2) is 11.5 Å². The van der Waals surface area contributed by atoms with E-state index in [0.29, 0.717) is 24.5 Å². The Morgan fingerprint density at radius 2 is 2.00 bits per heavy atom. The number of phenols is 1. The summed E-state index contributed by atoms with van der Waals surface area (Å²) in [5, 5.41) is 13.7. The Labute approximate surface area is 182 Å². The predicted octanol–water partition coefficient (Wildman–Crippen LogP) is 4.81. The highest BCUT2D eigenvalue weighted by molar-refractivity contribution is 6.00. The third-order valence-electron chi connectivity index (χ3n) is 5.86. The number of phenolic OH excluding ortho intramolecular Hbond substituents is 1. The van der Waals surface area contributed by atoms with E-state index in [1.807, 2.05) is 45.0 Å². The molecule has 2 unspecified atom stereocenters. The first-order valence-electron chi connectivity index (χ1n) is 10.6. The first-order valence-corrected chi connectivity index (χ1v) is 10.6. The fraction of sp³-hybridized carbons (Fsp3) is 0.360. The van der Waals surface area contributed by atoms with Gasteiger partial charge in [-0.25, -0.2) is 0 Å². The minimum absolute atomic E-state index is 0.0268. The summed E-state index contributed by atoms with van der Waals surface area (Å²) in [5.41, 5.74) is 2.75. The van der Waals surface area contributed by atoms with Gasteiger partial charge in [-0.3, -0.25) is 9.59 Å². The summed E-state index contributed by atoms with van der Waals surface area (Å²) in [6.45, 7) is 7.83. The molecule has 2 aliphatic rings. The molecule has 0 saturated heterocycles.